The number of para-hydroxylation sites is 4. The van der Waals surface area contributed by atoms with Crippen LogP contribution in [0.3, 0.4) is 0 Å². The Morgan fingerprint density at radius 2 is 1.06 bits per heavy atom. The molecule has 2 unspecified atom stereocenters. The first kappa shape index (κ1) is 39.9. The number of carbonyl (C=O) groups is 2. The summed E-state index contributed by atoms with van der Waals surface area (Å²) in [6.45, 7) is 0.479. The monoisotopic (exact) mass is 874 g/mol. The Labute approximate surface area is 371 Å². The molecular formula is C48H42N8O3S3. The van der Waals surface area contributed by atoms with Crippen molar-refractivity contribution in [1.29, 1.82) is 0 Å². The summed E-state index contributed by atoms with van der Waals surface area (Å²) < 4.78 is 2.26. The van der Waals surface area contributed by atoms with Gasteiger partial charge in [0.05, 0.1) is 40.4 Å². The van der Waals surface area contributed by atoms with Gasteiger partial charge in [0, 0.05) is 0 Å². The van der Waals surface area contributed by atoms with Crippen molar-refractivity contribution in [3.8, 4) is 0 Å². The number of fused-ring (bicyclic) bond motifs is 1. The molecule has 310 valence electrons. The molecular weight excluding hydrogens is 833 g/mol. The van der Waals surface area contributed by atoms with E-state index in [1.54, 1.807) is 14.5 Å². The van der Waals surface area contributed by atoms with Gasteiger partial charge in [0.25, 0.3) is 5.56 Å². The van der Waals surface area contributed by atoms with Crippen molar-refractivity contribution in [3.05, 3.63) is 177 Å². The Morgan fingerprint density at radius 3 is 1.58 bits per heavy atom. The lowest BCUT2D eigenvalue weighted by molar-refractivity contribution is -0.118. The number of nitrogens with zero attached hydrogens (tertiary/aromatic N) is 8. The number of amides is 2. The SMILES string of the molecule is O=C1C(CN2N=c3s/c(=C/c4ccccc4)c(=O)n3N(CC3SC(=Nc4ccccc4)N(c4ccccc4)C3=O)C23CCCCC3)SC(=Nc2ccccc2)N1c1ccccc1. The van der Waals surface area contributed by atoms with Crippen molar-refractivity contribution in [2.75, 3.05) is 27.9 Å². The molecule has 1 saturated carbocycles. The van der Waals surface area contributed by atoms with Crippen LogP contribution >= 0.6 is 34.9 Å². The molecule has 2 atom stereocenters. The van der Waals surface area contributed by atoms with Gasteiger partial charge in [-0.1, -0.05) is 144 Å². The molecule has 1 spiro atoms. The largest absolute Gasteiger partial charge is 0.289 e. The zero-order chi connectivity index (χ0) is 42.0. The van der Waals surface area contributed by atoms with Crippen LogP contribution in [-0.4, -0.2) is 61.1 Å². The van der Waals surface area contributed by atoms with E-state index in [0.29, 0.717) is 32.5 Å². The van der Waals surface area contributed by atoms with Gasteiger partial charge in [0.1, 0.15) is 16.2 Å². The average molecular weight is 875 g/mol. The first-order chi connectivity index (χ1) is 30.4. The molecule has 14 heteroatoms. The van der Waals surface area contributed by atoms with Crippen molar-refractivity contribution in [2.45, 2.75) is 48.3 Å². The molecule has 62 heavy (non-hydrogen) atoms. The summed E-state index contributed by atoms with van der Waals surface area (Å²) in [6.07, 6.45) is 6.10. The van der Waals surface area contributed by atoms with Gasteiger partial charge in [-0.3, -0.25) is 34.2 Å². The number of benzene rings is 5. The van der Waals surface area contributed by atoms with Gasteiger partial charge < -0.3 is 0 Å². The number of hydrogen-bond acceptors (Lipinski definition) is 11. The van der Waals surface area contributed by atoms with E-state index >= 15 is 0 Å². The summed E-state index contributed by atoms with van der Waals surface area (Å²) in [5.74, 6) is -0.198. The Balaban J connectivity index is 1.08. The summed E-state index contributed by atoms with van der Waals surface area (Å²) in [6, 6.07) is 48.4. The quantitative estimate of drug-likeness (QED) is 0.146. The van der Waals surface area contributed by atoms with Crippen LogP contribution in [0.15, 0.2) is 172 Å². The highest BCUT2D eigenvalue weighted by Crippen LogP contribution is 2.42. The average Bonchev–Trinajstić information content (AvgIpc) is 3.91. The first-order valence-electron chi connectivity index (χ1n) is 20.8. The van der Waals surface area contributed by atoms with Gasteiger partial charge in [0.2, 0.25) is 16.6 Å². The fraction of sp³-hybridized carbons (Fsp3) is 0.208. The third kappa shape index (κ3) is 7.67. The van der Waals surface area contributed by atoms with Gasteiger partial charge in [-0.2, -0.15) is 4.68 Å². The third-order valence-electron chi connectivity index (χ3n) is 11.5. The van der Waals surface area contributed by atoms with Crippen LogP contribution in [-0.2, 0) is 9.59 Å². The molecule has 0 N–H and O–H groups in total. The lowest BCUT2D eigenvalue weighted by atomic mass is 9.87. The van der Waals surface area contributed by atoms with E-state index in [-0.39, 0.29) is 30.5 Å². The molecule has 6 aromatic rings. The zero-order valence-electron chi connectivity index (χ0n) is 33.6. The Morgan fingerprint density at radius 1 is 0.597 bits per heavy atom. The molecule has 10 rings (SSSR count). The van der Waals surface area contributed by atoms with Gasteiger partial charge in [-0.15, -0.1) is 5.10 Å². The smallest absolute Gasteiger partial charge is 0.279 e. The number of rotatable bonds is 9. The second-order valence-corrected chi connectivity index (χ2v) is 18.8. The minimum absolute atomic E-state index is 0.0855. The van der Waals surface area contributed by atoms with Crippen LogP contribution in [0.4, 0.5) is 22.7 Å². The fourth-order valence-electron chi connectivity index (χ4n) is 8.55. The molecule has 1 aromatic heterocycles. The van der Waals surface area contributed by atoms with E-state index in [0.717, 1.165) is 47.6 Å². The molecule has 3 aliphatic heterocycles. The molecule has 3 fully saturated rings. The van der Waals surface area contributed by atoms with Crippen LogP contribution in [0.1, 0.15) is 37.7 Å². The molecule has 4 heterocycles. The number of thioether (sulfide) groups is 2. The molecule has 5 aromatic carbocycles. The maximum atomic E-state index is 14.9. The number of thiazole rings is 1. The van der Waals surface area contributed by atoms with E-state index in [4.69, 9.17) is 15.1 Å². The highest BCUT2D eigenvalue weighted by molar-refractivity contribution is 8.16. The van der Waals surface area contributed by atoms with Gasteiger partial charge in [-0.25, -0.2) is 9.98 Å². The molecule has 2 amide bonds. The molecule has 0 bridgehead atoms. The predicted octanol–water partition coefficient (Wildman–Crippen LogP) is 7.86. The normalized spacial score (nSPS) is 21.3. The van der Waals surface area contributed by atoms with Crippen LogP contribution in [0, 0.1) is 0 Å². The Hall–Kier alpha value is -6.22. The van der Waals surface area contributed by atoms with Gasteiger partial charge in [-0.05, 0) is 85.9 Å². The lowest BCUT2D eigenvalue weighted by Gasteiger charge is -2.54. The maximum absolute atomic E-state index is 14.9. The Bertz CT molecular complexity index is 2830. The fourth-order valence-corrected chi connectivity index (χ4v) is 11.8. The van der Waals surface area contributed by atoms with Crippen molar-refractivity contribution < 1.29 is 9.59 Å². The number of carbonyl (C=O) groups excluding carboxylic acids is 2. The Kier molecular flexibility index (Phi) is 11.1. The van der Waals surface area contributed by atoms with Crippen LogP contribution in [0.25, 0.3) is 6.08 Å². The van der Waals surface area contributed by atoms with Crippen LogP contribution in [0.2, 0.25) is 0 Å². The van der Waals surface area contributed by atoms with Crippen LogP contribution in [0.5, 0.6) is 0 Å². The molecule has 11 nitrogen and oxygen atoms in total. The second kappa shape index (κ2) is 17.3. The summed E-state index contributed by atoms with van der Waals surface area (Å²) >= 11 is 4.17. The van der Waals surface area contributed by atoms with Crippen LogP contribution < -0.4 is 29.7 Å². The lowest BCUT2D eigenvalue weighted by Crippen LogP contribution is -2.72. The highest BCUT2D eigenvalue weighted by atomic mass is 32.2. The number of anilines is 2. The summed E-state index contributed by atoms with van der Waals surface area (Å²) in [4.78, 5) is 58.3. The predicted molar refractivity (Wildman–Crippen MR) is 253 cm³/mol. The summed E-state index contributed by atoms with van der Waals surface area (Å²) in [5, 5.41) is 9.52. The van der Waals surface area contributed by atoms with E-state index in [9.17, 15) is 14.4 Å². The topological polar surface area (TPSA) is 106 Å². The molecule has 0 radical (unpaired) electrons. The van der Waals surface area contributed by atoms with E-state index in [1.807, 2.05) is 158 Å². The number of aromatic nitrogens is 1. The highest BCUT2D eigenvalue weighted by Gasteiger charge is 2.52. The maximum Gasteiger partial charge on any atom is 0.289 e. The second-order valence-electron chi connectivity index (χ2n) is 15.4. The van der Waals surface area contributed by atoms with Gasteiger partial charge in [0.15, 0.2) is 10.3 Å². The summed E-state index contributed by atoms with van der Waals surface area (Å²) in [7, 11) is 0. The molecule has 1 aliphatic carbocycles. The van der Waals surface area contributed by atoms with E-state index < -0.39 is 16.2 Å². The zero-order valence-corrected chi connectivity index (χ0v) is 36.1. The summed E-state index contributed by atoms with van der Waals surface area (Å²) in [5.41, 5.74) is 2.88. The number of hydrogen-bond donors (Lipinski definition) is 0. The van der Waals surface area contributed by atoms with Crippen molar-refractivity contribution in [1.82, 2.24) is 9.69 Å². The minimum Gasteiger partial charge on any atom is -0.279 e. The molecule has 4 aliphatic rings. The number of aliphatic imine (C=N–C) groups is 2. The third-order valence-corrected chi connectivity index (χ3v) is 14.7. The van der Waals surface area contributed by atoms with Gasteiger partial charge >= 0.3 is 0 Å². The first-order valence-corrected chi connectivity index (χ1v) is 23.3. The van der Waals surface area contributed by atoms with Crippen molar-refractivity contribution in [3.63, 3.8) is 0 Å². The number of amidine groups is 2. The van der Waals surface area contributed by atoms with E-state index in [2.05, 4.69) is 10.0 Å². The van der Waals surface area contributed by atoms with Crippen molar-refractivity contribution >= 4 is 85.8 Å². The van der Waals surface area contributed by atoms with E-state index in [1.165, 1.54) is 34.9 Å². The molecule has 2 saturated heterocycles. The minimum atomic E-state index is -0.810. The van der Waals surface area contributed by atoms with Crippen molar-refractivity contribution in [2.24, 2.45) is 15.1 Å². The standard InChI is InChI=1S/C48H42N8O3S3/c57-42-40(61-45(49-35-21-9-2-10-22-35)54(42)37-25-13-4-14-26-37)32-52-48(29-17-6-18-30-48)53(56-44(59)39(60-47(56)51-52)31-34-19-7-1-8-20-34)33-41-43(58)55(38-27-15-5-16-28-38)46(62-41)50-36-23-11-3-12-24-36/h1-5,7-16,19-28,31,40-41H,6,17-18,29-30,32-33H2/b39-31+,49-45?,50-46?.